The summed E-state index contributed by atoms with van der Waals surface area (Å²) in [6.45, 7) is 5.57. The van der Waals surface area contributed by atoms with Crippen molar-refractivity contribution in [2.75, 3.05) is 73.2 Å². The van der Waals surface area contributed by atoms with E-state index in [1.165, 1.54) is 11.1 Å². The van der Waals surface area contributed by atoms with Gasteiger partial charge in [0.05, 0.1) is 59.5 Å². The monoisotopic (exact) mass is 418 g/mol. The van der Waals surface area contributed by atoms with E-state index in [0.717, 1.165) is 12.2 Å². The number of methoxy groups -OCH3 is 1. The predicted octanol–water partition coefficient (Wildman–Crippen LogP) is 3.37. The molecule has 0 saturated heterocycles. The minimum Gasteiger partial charge on any atom is -0.491 e. The van der Waals surface area contributed by atoms with Gasteiger partial charge in [0.1, 0.15) is 12.4 Å². The zero-order chi connectivity index (χ0) is 21.1. The van der Waals surface area contributed by atoms with Gasteiger partial charge in [0.25, 0.3) is 0 Å². The molecule has 0 aliphatic rings. The van der Waals surface area contributed by atoms with E-state index in [2.05, 4.69) is 36.4 Å². The third-order valence-corrected chi connectivity index (χ3v) is 4.22. The zero-order valence-electron chi connectivity index (χ0n) is 17.9. The molecule has 6 heteroatoms. The Bertz CT molecular complexity index is 632. The van der Waals surface area contributed by atoms with Gasteiger partial charge in [-0.05, 0) is 29.7 Å². The van der Waals surface area contributed by atoms with Gasteiger partial charge in [0.2, 0.25) is 0 Å². The molecule has 2 aromatic rings. The van der Waals surface area contributed by atoms with E-state index in [-0.39, 0.29) is 0 Å². The smallest absolute Gasteiger partial charge is 0.119 e. The molecule has 166 valence electrons. The van der Waals surface area contributed by atoms with Gasteiger partial charge in [-0.3, -0.25) is 0 Å². The summed E-state index contributed by atoms with van der Waals surface area (Å²) in [7, 11) is 1.65. The largest absolute Gasteiger partial charge is 0.491 e. The molecule has 0 saturated carbocycles. The molecule has 0 unspecified atom stereocenters. The van der Waals surface area contributed by atoms with Crippen LogP contribution in [-0.4, -0.2) is 73.2 Å². The second kappa shape index (κ2) is 16.8. The Kier molecular flexibility index (Phi) is 13.6. The van der Waals surface area contributed by atoms with Crippen LogP contribution in [0.1, 0.15) is 11.1 Å². The van der Waals surface area contributed by atoms with E-state index < -0.39 is 0 Å². The summed E-state index contributed by atoms with van der Waals surface area (Å²) in [6, 6.07) is 18.7. The van der Waals surface area contributed by atoms with E-state index in [9.17, 15) is 0 Å². The maximum atomic E-state index is 5.71. The maximum absolute atomic E-state index is 5.71. The standard InChI is InChI=1S/C24H34O6/c1-25-11-12-26-13-14-27-15-16-28-17-18-29-19-20-30-24-9-7-23(8-10-24)21-22-5-3-2-4-6-22/h2-10H,11-21H2,1H3. The van der Waals surface area contributed by atoms with Crippen LogP contribution in [0.25, 0.3) is 0 Å². The summed E-state index contributed by atoms with van der Waals surface area (Å²) >= 11 is 0. The summed E-state index contributed by atoms with van der Waals surface area (Å²) in [5.74, 6) is 0.856. The quantitative estimate of drug-likeness (QED) is 0.346. The second-order valence-corrected chi connectivity index (χ2v) is 6.60. The number of hydrogen-bond donors (Lipinski definition) is 0. The first-order valence-electron chi connectivity index (χ1n) is 10.4. The molecular weight excluding hydrogens is 384 g/mol. The predicted molar refractivity (Wildman–Crippen MR) is 116 cm³/mol. The molecule has 0 spiro atoms. The summed E-state index contributed by atoms with van der Waals surface area (Å²) in [5, 5.41) is 0. The van der Waals surface area contributed by atoms with Crippen LogP contribution in [0, 0.1) is 0 Å². The van der Waals surface area contributed by atoms with E-state index in [4.69, 9.17) is 28.4 Å². The molecule has 0 bridgehead atoms. The van der Waals surface area contributed by atoms with Gasteiger partial charge < -0.3 is 28.4 Å². The zero-order valence-corrected chi connectivity index (χ0v) is 17.9. The van der Waals surface area contributed by atoms with E-state index >= 15 is 0 Å². The average molecular weight is 419 g/mol. The lowest BCUT2D eigenvalue weighted by molar-refractivity contribution is -0.00978. The molecule has 2 aromatic carbocycles. The van der Waals surface area contributed by atoms with E-state index in [1.54, 1.807) is 7.11 Å². The fraction of sp³-hybridized carbons (Fsp3) is 0.500. The lowest BCUT2D eigenvalue weighted by Gasteiger charge is -2.09. The topological polar surface area (TPSA) is 55.4 Å². The molecule has 0 radical (unpaired) electrons. The molecule has 0 heterocycles. The average Bonchev–Trinajstić information content (AvgIpc) is 2.78. The Hall–Kier alpha value is -1.96. The van der Waals surface area contributed by atoms with Crippen molar-refractivity contribution >= 4 is 0 Å². The molecule has 0 aliphatic carbocycles. The van der Waals surface area contributed by atoms with Crippen LogP contribution in [0.15, 0.2) is 54.6 Å². The summed E-state index contributed by atoms with van der Waals surface area (Å²) < 4.78 is 32.3. The minimum atomic E-state index is 0.518. The fourth-order valence-electron chi connectivity index (χ4n) is 2.66. The molecule has 0 N–H and O–H groups in total. The van der Waals surface area contributed by atoms with Crippen molar-refractivity contribution in [1.82, 2.24) is 0 Å². The Labute approximate surface area is 180 Å². The fourth-order valence-corrected chi connectivity index (χ4v) is 2.66. The highest BCUT2D eigenvalue weighted by molar-refractivity contribution is 5.31. The molecule has 30 heavy (non-hydrogen) atoms. The first kappa shape index (κ1) is 24.3. The highest BCUT2D eigenvalue weighted by atomic mass is 16.6. The van der Waals surface area contributed by atoms with Crippen LogP contribution in [0.4, 0.5) is 0 Å². The Morgan fingerprint density at radius 1 is 0.500 bits per heavy atom. The molecule has 0 aliphatic heterocycles. The van der Waals surface area contributed by atoms with Gasteiger partial charge in [-0.1, -0.05) is 42.5 Å². The summed E-state index contributed by atoms with van der Waals surface area (Å²) in [6.07, 6.45) is 0.928. The highest BCUT2D eigenvalue weighted by Crippen LogP contribution is 2.15. The summed E-state index contributed by atoms with van der Waals surface area (Å²) in [4.78, 5) is 0. The van der Waals surface area contributed by atoms with Gasteiger partial charge in [0, 0.05) is 7.11 Å². The van der Waals surface area contributed by atoms with Crippen molar-refractivity contribution in [3.05, 3.63) is 65.7 Å². The highest BCUT2D eigenvalue weighted by Gasteiger charge is 1.98. The van der Waals surface area contributed by atoms with Crippen molar-refractivity contribution in [3.63, 3.8) is 0 Å². The number of hydrogen-bond acceptors (Lipinski definition) is 6. The normalized spacial score (nSPS) is 11.0. The van der Waals surface area contributed by atoms with Gasteiger partial charge in [-0.2, -0.15) is 0 Å². The van der Waals surface area contributed by atoms with Crippen LogP contribution in [0.2, 0.25) is 0 Å². The molecule has 0 atom stereocenters. The van der Waals surface area contributed by atoms with Crippen molar-refractivity contribution in [2.24, 2.45) is 0 Å². The number of ether oxygens (including phenoxy) is 6. The Balaban J connectivity index is 1.38. The van der Waals surface area contributed by atoms with E-state index in [0.29, 0.717) is 66.1 Å². The van der Waals surface area contributed by atoms with Crippen LogP contribution >= 0.6 is 0 Å². The van der Waals surface area contributed by atoms with E-state index in [1.807, 2.05) is 18.2 Å². The van der Waals surface area contributed by atoms with Crippen LogP contribution in [0.3, 0.4) is 0 Å². The van der Waals surface area contributed by atoms with Crippen LogP contribution in [0.5, 0.6) is 5.75 Å². The van der Waals surface area contributed by atoms with Crippen LogP contribution in [-0.2, 0) is 30.1 Å². The third kappa shape index (κ3) is 11.9. The van der Waals surface area contributed by atoms with Crippen LogP contribution < -0.4 is 4.74 Å². The molecule has 2 rings (SSSR count). The maximum Gasteiger partial charge on any atom is 0.119 e. The van der Waals surface area contributed by atoms with Gasteiger partial charge in [-0.25, -0.2) is 0 Å². The molecular formula is C24H34O6. The third-order valence-electron chi connectivity index (χ3n) is 4.22. The first-order valence-corrected chi connectivity index (χ1v) is 10.4. The lowest BCUT2D eigenvalue weighted by atomic mass is 10.1. The first-order chi connectivity index (χ1) is 14.9. The summed E-state index contributed by atoms with van der Waals surface area (Å²) in [5.41, 5.74) is 2.57. The lowest BCUT2D eigenvalue weighted by Crippen LogP contribution is -2.14. The van der Waals surface area contributed by atoms with Crippen molar-refractivity contribution < 1.29 is 28.4 Å². The Morgan fingerprint density at radius 3 is 1.50 bits per heavy atom. The van der Waals surface area contributed by atoms with Gasteiger partial charge >= 0.3 is 0 Å². The Morgan fingerprint density at radius 2 is 0.967 bits per heavy atom. The molecule has 6 nitrogen and oxygen atoms in total. The van der Waals surface area contributed by atoms with Gasteiger partial charge in [0.15, 0.2) is 0 Å². The van der Waals surface area contributed by atoms with Crippen molar-refractivity contribution in [2.45, 2.75) is 6.42 Å². The van der Waals surface area contributed by atoms with Gasteiger partial charge in [-0.15, -0.1) is 0 Å². The van der Waals surface area contributed by atoms with Crippen molar-refractivity contribution in [1.29, 1.82) is 0 Å². The molecule has 0 amide bonds. The minimum absolute atomic E-state index is 0.518. The molecule has 0 aromatic heterocycles. The SMILES string of the molecule is COCCOCCOCCOCCOCCOc1ccc(Cc2ccccc2)cc1. The van der Waals surface area contributed by atoms with Crippen molar-refractivity contribution in [3.8, 4) is 5.75 Å². The number of rotatable bonds is 18. The number of benzene rings is 2. The molecule has 0 fully saturated rings. The second-order valence-electron chi connectivity index (χ2n) is 6.60.